The first kappa shape index (κ1) is 37.7. The van der Waals surface area contributed by atoms with E-state index in [1.165, 1.54) is 6.92 Å². The van der Waals surface area contributed by atoms with E-state index >= 15 is 0 Å². The molecule has 4 unspecified atom stereocenters. The van der Waals surface area contributed by atoms with Crippen molar-refractivity contribution in [1.82, 2.24) is 5.32 Å². The van der Waals surface area contributed by atoms with Crippen LogP contribution in [-0.4, -0.2) is 103 Å². The summed E-state index contributed by atoms with van der Waals surface area (Å²) in [5, 5.41) is 56.8. The fraction of sp³-hybridized carbons (Fsp3) is 0.649. The topological polar surface area (TPSA) is 235 Å². The Balaban J connectivity index is 1.27. The number of hydrogen-bond donors (Lipinski definition) is 6. The van der Waals surface area contributed by atoms with Crippen molar-refractivity contribution in [2.45, 2.75) is 113 Å². The summed E-state index contributed by atoms with van der Waals surface area (Å²) in [5.41, 5.74) is -6.42. The molecule has 2 aliphatic heterocycles. The minimum atomic E-state index is -3.89. The van der Waals surface area contributed by atoms with Crippen molar-refractivity contribution in [1.29, 1.82) is 0 Å². The Hall–Kier alpha value is -4.05. The molecule has 4 aliphatic carbocycles. The van der Waals surface area contributed by atoms with Gasteiger partial charge in [-0.3, -0.25) is 4.79 Å². The molecule has 7 rings (SSSR count). The Morgan fingerprint density at radius 1 is 0.981 bits per heavy atom. The van der Waals surface area contributed by atoms with Crippen molar-refractivity contribution in [2.24, 2.45) is 29.1 Å². The van der Waals surface area contributed by atoms with Gasteiger partial charge in [0.1, 0.15) is 12.2 Å². The van der Waals surface area contributed by atoms with Gasteiger partial charge in [-0.2, -0.15) is 0 Å². The van der Waals surface area contributed by atoms with Crippen LogP contribution in [0.25, 0.3) is 0 Å². The number of aliphatic hydroxyl groups is 2. The Morgan fingerprint density at radius 2 is 1.58 bits per heavy atom. The molecule has 15 heteroatoms. The van der Waals surface area contributed by atoms with Gasteiger partial charge in [-0.1, -0.05) is 43.8 Å². The van der Waals surface area contributed by atoms with E-state index < -0.39 is 77.8 Å². The zero-order chi connectivity index (χ0) is 37.8. The van der Waals surface area contributed by atoms with Crippen LogP contribution in [0.3, 0.4) is 0 Å². The highest BCUT2D eigenvalue weighted by Gasteiger charge is 2.86. The van der Waals surface area contributed by atoms with E-state index in [9.17, 15) is 49.5 Å². The van der Waals surface area contributed by atoms with Gasteiger partial charge in [0.2, 0.25) is 17.5 Å². The molecule has 2 heterocycles. The normalized spacial score (nSPS) is 38.2. The Kier molecular flexibility index (Phi) is 9.96. The molecule has 52 heavy (non-hydrogen) atoms. The predicted molar refractivity (Wildman–Crippen MR) is 177 cm³/mol. The number of nitrogens with one attached hydrogen (secondary N) is 1. The number of carboxylic acid groups (broad SMARTS) is 3. The van der Waals surface area contributed by atoms with E-state index in [2.05, 4.69) is 11.9 Å². The molecule has 284 valence electrons. The SMILES string of the molecule is C=C(CCC12OC(C(=O)O)C(O)(C(=O)O)C(C(=O)O)(O1)[C@H](OC(=O)NCC13CC4CC(CC(C4)C1)C3)[C@H]2O)[C@@H](OC(C)=O)[C@H](C)Cc1ccccc1. The summed E-state index contributed by atoms with van der Waals surface area (Å²) in [6.07, 6.45) is -3.85. The first-order chi connectivity index (χ1) is 24.4. The molecule has 4 saturated carbocycles. The van der Waals surface area contributed by atoms with Gasteiger partial charge in [-0.15, -0.1) is 0 Å². The van der Waals surface area contributed by atoms with E-state index in [1.54, 1.807) is 0 Å². The molecule has 0 spiro atoms. The van der Waals surface area contributed by atoms with Crippen LogP contribution >= 0.6 is 0 Å². The lowest BCUT2D eigenvalue weighted by Crippen LogP contribution is -2.78. The van der Waals surface area contributed by atoms with Gasteiger partial charge in [0.15, 0.2) is 6.10 Å². The second kappa shape index (κ2) is 13.7. The maximum absolute atomic E-state index is 13.4. The molecule has 0 radical (unpaired) electrons. The number of carbonyl (C=O) groups excluding carboxylic acids is 2. The zero-order valence-electron chi connectivity index (χ0n) is 29.2. The number of rotatable bonds is 14. The Morgan fingerprint density at radius 3 is 2.10 bits per heavy atom. The molecule has 6 N–H and O–H groups in total. The van der Waals surface area contributed by atoms with Crippen LogP contribution in [-0.2, 0) is 44.5 Å². The van der Waals surface area contributed by atoms with Crippen molar-refractivity contribution in [2.75, 3.05) is 6.54 Å². The summed E-state index contributed by atoms with van der Waals surface area (Å²) >= 11 is 0. The van der Waals surface area contributed by atoms with Crippen LogP contribution < -0.4 is 5.32 Å². The molecule has 1 amide bonds. The average Bonchev–Trinajstić information content (AvgIpc) is 3.28. The van der Waals surface area contributed by atoms with Gasteiger partial charge < -0.3 is 49.8 Å². The van der Waals surface area contributed by atoms with Crippen LogP contribution in [0.1, 0.15) is 70.8 Å². The number of amides is 1. The van der Waals surface area contributed by atoms with Crippen LogP contribution in [0.4, 0.5) is 4.79 Å². The number of benzene rings is 1. The number of aliphatic hydroxyl groups excluding tert-OH is 1. The molecule has 6 aliphatic rings. The number of alkyl carbamates (subject to hydrolysis) is 1. The van der Waals surface area contributed by atoms with Gasteiger partial charge in [0.25, 0.3) is 5.60 Å². The van der Waals surface area contributed by atoms with Gasteiger partial charge in [0.05, 0.1) is 0 Å². The first-order valence-corrected chi connectivity index (χ1v) is 17.8. The van der Waals surface area contributed by atoms with E-state index in [0.717, 1.165) is 44.1 Å². The summed E-state index contributed by atoms with van der Waals surface area (Å²) in [5.74, 6) is -8.58. The fourth-order valence-electron chi connectivity index (χ4n) is 10.2. The summed E-state index contributed by atoms with van der Waals surface area (Å²) < 4.78 is 22.4. The minimum Gasteiger partial charge on any atom is -0.479 e. The monoisotopic (exact) mass is 729 g/mol. The standard InChI is InChI=1S/C37H47NO14/c1-19(26(49-21(3)39)20(2)11-22-7-5-4-6-8-22)9-10-35-27(40)28(37(52-35,32(45)46)36(48,31(43)44)29(51-35)30(41)42)50-33(47)38-18-34-15-23-12-24(16-34)14-25(13-23)17-34/h4-8,20,23-29,40,48H,1,9-18H2,2-3H3,(H,38,47)(H,41,42)(H,43,44)(H,45,46)/t20-,23?,24?,25?,26-,27-,28-,29?,34?,35?,36?,37?/m1/s1. The first-order valence-electron chi connectivity index (χ1n) is 17.8. The van der Waals surface area contributed by atoms with Crippen LogP contribution in [0, 0.1) is 29.1 Å². The highest BCUT2D eigenvalue weighted by atomic mass is 16.8. The van der Waals surface area contributed by atoms with E-state index in [1.807, 2.05) is 37.3 Å². The highest BCUT2D eigenvalue weighted by Crippen LogP contribution is 2.60. The molecular weight excluding hydrogens is 682 g/mol. The third-order valence-electron chi connectivity index (χ3n) is 12.0. The third kappa shape index (κ3) is 6.35. The maximum atomic E-state index is 13.4. The fourth-order valence-corrected chi connectivity index (χ4v) is 10.2. The molecule has 0 aromatic heterocycles. The number of carbonyl (C=O) groups is 5. The van der Waals surface area contributed by atoms with E-state index in [-0.39, 0.29) is 29.9 Å². The van der Waals surface area contributed by atoms with Gasteiger partial charge in [-0.25, -0.2) is 19.2 Å². The minimum absolute atomic E-state index is 0.185. The van der Waals surface area contributed by atoms with Gasteiger partial charge in [-0.05, 0) is 85.7 Å². The van der Waals surface area contributed by atoms with Crippen molar-refractivity contribution < 1.29 is 68.5 Å². The summed E-state index contributed by atoms with van der Waals surface area (Å²) in [7, 11) is 0. The van der Waals surface area contributed by atoms with Gasteiger partial charge in [0, 0.05) is 25.8 Å². The summed E-state index contributed by atoms with van der Waals surface area (Å²) in [6, 6.07) is 9.34. The molecule has 1 aromatic rings. The van der Waals surface area contributed by atoms with Crippen LogP contribution in [0.5, 0.6) is 0 Å². The third-order valence-corrected chi connectivity index (χ3v) is 12.0. The van der Waals surface area contributed by atoms with Crippen molar-refractivity contribution in [3.63, 3.8) is 0 Å². The summed E-state index contributed by atoms with van der Waals surface area (Å²) in [4.78, 5) is 63.8. The second-order valence-corrected chi connectivity index (χ2v) is 15.8. The van der Waals surface area contributed by atoms with E-state index in [0.29, 0.717) is 24.2 Å². The number of carboxylic acids is 3. The van der Waals surface area contributed by atoms with Gasteiger partial charge >= 0.3 is 30.0 Å². The lowest BCUT2D eigenvalue weighted by Gasteiger charge is -2.56. The van der Waals surface area contributed by atoms with Crippen molar-refractivity contribution >= 4 is 30.0 Å². The zero-order valence-corrected chi connectivity index (χ0v) is 29.2. The quantitative estimate of drug-likeness (QED) is 0.119. The van der Waals surface area contributed by atoms with Crippen LogP contribution in [0.2, 0.25) is 0 Å². The average molecular weight is 730 g/mol. The number of aliphatic carboxylic acids is 3. The molecule has 8 atom stereocenters. The smallest absolute Gasteiger partial charge is 0.407 e. The molecule has 2 saturated heterocycles. The molecule has 1 aromatic carbocycles. The second-order valence-electron chi connectivity index (χ2n) is 15.8. The number of ether oxygens (including phenoxy) is 4. The Labute approximate surface area is 300 Å². The van der Waals surface area contributed by atoms with Crippen molar-refractivity contribution in [3.05, 3.63) is 48.0 Å². The number of esters is 1. The lowest BCUT2D eigenvalue weighted by atomic mass is 9.49. The van der Waals surface area contributed by atoms with Crippen molar-refractivity contribution in [3.8, 4) is 0 Å². The Bertz CT molecular complexity index is 1580. The number of fused-ring (bicyclic) bond motifs is 2. The van der Waals surface area contributed by atoms with E-state index in [4.69, 9.17) is 18.9 Å². The molecule has 6 fully saturated rings. The van der Waals surface area contributed by atoms with Crippen LogP contribution in [0.15, 0.2) is 42.5 Å². The maximum Gasteiger partial charge on any atom is 0.407 e. The molecule has 15 nitrogen and oxygen atoms in total. The molecule has 6 bridgehead atoms. The lowest BCUT2D eigenvalue weighted by molar-refractivity contribution is -0.373. The largest absolute Gasteiger partial charge is 0.479 e. The predicted octanol–water partition coefficient (Wildman–Crippen LogP) is 2.65. The summed E-state index contributed by atoms with van der Waals surface area (Å²) in [6.45, 7) is 7.27. The molecular formula is C37H47NO14. The highest BCUT2D eigenvalue weighted by molar-refractivity contribution is 5.98. The number of hydrogen-bond acceptors (Lipinski definition) is 11.